The molecule has 3 heteroatoms. The van der Waals surface area contributed by atoms with Crippen molar-refractivity contribution in [2.24, 2.45) is 11.8 Å². The summed E-state index contributed by atoms with van der Waals surface area (Å²) >= 11 is 0. The van der Waals surface area contributed by atoms with Crippen LogP contribution in [0.2, 0.25) is 0 Å². The van der Waals surface area contributed by atoms with Crippen LogP contribution in [0.1, 0.15) is 46.0 Å². The zero-order chi connectivity index (χ0) is 11.5. The molecule has 1 saturated heterocycles. The first-order valence-electron chi connectivity index (χ1n) is 6.64. The Morgan fingerprint density at radius 1 is 1.44 bits per heavy atom. The molecule has 0 radical (unpaired) electrons. The molecular weight excluding hydrogens is 202 g/mol. The van der Waals surface area contributed by atoms with Crippen molar-refractivity contribution in [3.8, 4) is 0 Å². The first kappa shape index (κ1) is 11.7. The van der Waals surface area contributed by atoms with E-state index in [9.17, 15) is 4.79 Å². The summed E-state index contributed by atoms with van der Waals surface area (Å²) in [5, 5.41) is 0. The van der Waals surface area contributed by atoms with E-state index in [1.54, 1.807) is 0 Å². The van der Waals surface area contributed by atoms with Crippen molar-refractivity contribution in [3.63, 3.8) is 0 Å². The summed E-state index contributed by atoms with van der Waals surface area (Å²) in [4.78, 5) is 13.6. The average molecular weight is 225 g/mol. The summed E-state index contributed by atoms with van der Waals surface area (Å²) in [6.45, 7) is 6.16. The number of nitrogens with zero attached hydrogens (tertiary/aromatic N) is 1. The Hall–Kier alpha value is -0.730. The normalized spacial score (nSPS) is 33.6. The number of rotatable bonds is 3. The first-order valence-corrected chi connectivity index (χ1v) is 6.64. The second-order valence-corrected chi connectivity index (χ2v) is 5.47. The van der Waals surface area contributed by atoms with Gasteiger partial charge in [-0.3, -0.25) is 0 Å². The lowest BCUT2D eigenvalue weighted by atomic mass is 9.79. The summed E-state index contributed by atoms with van der Waals surface area (Å²) in [6, 6.07) is 0. The van der Waals surface area contributed by atoms with Crippen LogP contribution in [0.3, 0.4) is 0 Å². The molecule has 16 heavy (non-hydrogen) atoms. The predicted octanol–water partition coefficient (Wildman–Crippen LogP) is 3.04. The van der Waals surface area contributed by atoms with Crippen molar-refractivity contribution in [1.29, 1.82) is 0 Å². The molecule has 2 rings (SSSR count). The van der Waals surface area contributed by atoms with Crippen molar-refractivity contribution in [2.45, 2.75) is 52.1 Å². The van der Waals surface area contributed by atoms with E-state index in [2.05, 4.69) is 13.8 Å². The monoisotopic (exact) mass is 225 g/mol. The van der Waals surface area contributed by atoms with Crippen LogP contribution in [0.5, 0.6) is 0 Å². The third-order valence-corrected chi connectivity index (χ3v) is 3.84. The topological polar surface area (TPSA) is 29.5 Å². The minimum absolute atomic E-state index is 0.0794. The Morgan fingerprint density at radius 2 is 2.19 bits per heavy atom. The standard InChI is InChI=1S/C13H23NO2/c1-3-4-11-7-12(8-11)16-13(15)14-6-5-10(2)9-14/h10-12H,3-9H2,1-2H3. The highest BCUT2D eigenvalue weighted by Gasteiger charge is 2.33. The molecule has 1 amide bonds. The molecule has 0 aromatic rings. The van der Waals surface area contributed by atoms with Gasteiger partial charge in [0.1, 0.15) is 6.10 Å². The van der Waals surface area contributed by atoms with Crippen LogP contribution in [0.15, 0.2) is 0 Å². The molecule has 1 aliphatic carbocycles. The van der Waals surface area contributed by atoms with E-state index >= 15 is 0 Å². The molecular formula is C13H23NO2. The van der Waals surface area contributed by atoms with Gasteiger partial charge in [0.15, 0.2) is 0 Å². The van der Waals surface area contributed by atoms with E-state index in [-0.39, 0.29) is 12.2 Å². The molecule has 0 aromatic heterocycles. The van der Waals surface area contributed by atoms with Crippen molar-refractivity contribution >= 4 is 6.09 Å². The largest absolute Gasteiger partial charge is 0.446 e. The maximum absolute atomic E-state index is 11.8. The van der Waals surface area contributed by atoms with Crippen molar-refractivity contribution in [1.82, 2.24) is 4.90 Å². The van der Waals surface area contributed by atoms with Crippen LogP contribution < -0.4 is 0 Å². The van der Waals surface area contributed by atoms with Gasteiger partial charge in [-0.15, -0.1) is 0 Å². The van der Waals surface area contributed by atoms with Crippen LogP contribution in [0.4, 0.5) is 4.79 Å². The van der Waals surface area contributed by atoms with Crippen molar-refractivity contribution < 1.29 is 9.53 Å². The molecule has 1 heterocycles. The zero-order valence-corrected chi connectivity index (χ0v) is 10.4. The van der Waals surface area contributed by atoms with Crippen molar-refractivity contribution in [2.75, 3.05) is 13.1 Å². The molecule has 0 spiro atoms. The molecule has 92 valence electrons. The molecule has 1 atom stereocenters. The van der Waals surface area contributed by atoms with Gasteiger partial charge in [-0.2, -0.15) is 0 Å². The van der Waals surface area contributed by atoms with E-state index in [1.165, 1.54) is 12.8 Å². The van der Waals surface area contributed by atoms with E-state index in [0.717, 1.165) is 38.3 Å². The molecule has 2 aliphatic rings. The van der Waals surface area contributed by atoms with Gasteiger partial charge in [0.25, 0.3) is 0 Å². The number of hydrogen-bond donors (Lipinski definition) is 0. The number of amides is 1. The third kappa shape index (κ3) is 2.69. The molecule has 1 saturated carbocycles. The van der Waals surface area contributed by atoms with Crippen LogP contribution >= 0.6 is 0 Å². The van der Waals surface area contributed by atoms with Gasteiger partial charge in [-0.25, -0.2) is 4.79 Å². The van der Waals surface area contributed by atoms with Gasteiger partial charge in [-0.1, -0.05) is 26.7 Å². The van der Waals surface area contributed by atoms with Crippen LogP contribution in [0, 0.1) is 11.8 Å². The average Bonchev–Trinajstić information content (AvgIpc) is 2.61. The fraction of sp³-hybridized carbons (Fsp3) is 0.923. The van der Waals surface area contributed by atoms with Gasteiger partial charge in [0.2, 0.25) is 0 Å². The highest BCUT2D eigenvalue weighted by atomic mass is 16.6. The highest BCUT2D eigenvalue weighted by molar-refractivity contribution is 5.68. The maximum Gasteiger partial charge on any atom is 0.410 e. The first-order chi connectivity index (χ1) is 7.69. The molecule has 1 unspecified atom stereocenters. The molecule has 2 fully saturated rings. The van der Waals surface area contributed by atoms with Gasteiger partial charge >= 0.3 is 6.09 Å². The molecule has 1 aliphatic heterocycles. The van der Waals surface area contributed by atoms with E-state index < -0.39 is 0 Å². The van der Waals surface area contributed by atoms with E-state index in [4.69, 9.17) is 4.74 Å². The number of carbonyl (C=O) groups is 1. The van der Waals surface area contributed by atoms with Gasteiger partial charge < -0.3 is 9.64 Å². The molecule has 3 nitrogen and oxygen atoms in total. The van der Waals surface area contributed by atoms with E-state index in [1.807, 2.05) is 4.90 Å². The maximum atomic E-state index is 11.8. The van der Waals surface area contributed by atoms with Crippen molar-refractivity contribution in [3.05, 3.63) is 0 Å². The fourth-order valence-electron chi connectivity index (χ4n) is 2.73. The number of ether oxygens (including phenoxy) is 1. The lowest BCUT2D eigenvalue weighted by Gasteiger charge is -2.35. The SMILES string of the molecule is CCCC1CC(OC(=O)N2CCC(C)C2)C1. The smallest absolute Gasteiger partial charge is 0.410 e. The Morgan fingerprint density at radius 3 is 2.75 bits per heavy atom. The van der Waals surface area contributed by atoms with Crippen LogP contribution in [-0.4, -0.2) is 30.2 Å². The second kappa shape index (κ2) is 5.07. The number of carbonyl (C=O) groups excluding carboxylic acids is 1. The summed E-state index contributed by atoms with van der Waals surface area (Å²) in [7, 11) is 0. The Labute approximate surface area is 98.1 Å². The summed E-state index contributed by atoms with van der Waals surface area (Å²) in [6.07, 6.45) is 5.96. The number of likely N-dealkylation sites (tertiary alicyclic amines) is 1. The Kier molecular flexibility index (Phi) is 3.72. The van der Waals surface area contributed by atoms with Crippen LogP contribution in [-0.2, 0) is 4.74 Å². The van der Waals surface area contributed by atoms with E-state index in [0.29, 0.717) is 5.92 Å². The highest BCUT2D eigenvalue weighted by Crippen LogP contribution is 2.34. The predicted molar refractivity (Wildman–Crippen MR) is 63.3 cm³/mol. The molecule has 0 bridgehead atoms. The Balaban J connectivity index is 1.65. The summed E-state index contributed by atoms with van der Waals surface area (Å²) in [5.74, 6) is 1.45. The Bertz CT molecular complexity index is 248. The fourth-order valence-corrected chi connectivity index (χ4v) is 2.73. The summed E-state index contributed by atoms with van der Waals surface area (Å²) < 4.78 is 5.48. The van der Waals surface area contributed by atoms with Gasteiger partial charge in [0.05, 0.1) is 0 Å². The molecule has 0 aromatic carbocycles. The second-order valence-electron chi connectivity index (χ2n) is 5.47. The lowest BCUT2D eigenvalue weighted by Crippen LogP contribution is -2.38. The lowest BCUT2D eigenvalue weighted by molar-refractivity contribution is -0.00126. The molecule has 0 N–H and O–H groups in total. The quantitative estimate of drug-likeness (QED) is 0.739. The van der Waals surface area contributed by atoms with Gasteiger partial charge in [-0.05, 0) is 31.1 Å². The van der Waals surface area contributed by atoms with Crippen LogP contribution in [0.25, 0.3) is 0 Å². The minimum atomic E-state index is -0.0794. The van der Waals surface area contributed by atoms with Gasteiger partial charge in [0, 0.05) is 13.1 Å². The zero-order valence-electron chi connectivity index (χ0n) is 10.4. The number of hydrogen-bond acceptors (Lipinski definition) is 2. The summed E-state index contributed by atoms with van der Waals surface area (Å²) in [5.41, 5.74) is 0. The third-order valence-electron chi connectivity index (χ3n) is 3.84. The minimum Gasteiger partial charge on any atom is -0.446 e.